The van der Waals surface area contributed by atoms with Crippen LogP contribution in [0.3, 0.4) is 0 Å². The van der Waals surface area contributed by atoms with Gasteiger partial charge in [0, 0.05) is 32.8 Å². The molecular formula is C16H23N3O2. The van der Waals surface area contributed by atoms with Crippen LogP contribution in [0.4, 0.5) is 0 Å². The molecule has 0 aromatic carbocycles. The standard InChI is InChI=1S/C16H23N3O2/c1-11-7-15(17-8-12(11)2)16(21)18-9-14-5-4-6-19(10-14)13(3)20/h7-8,14H,4-6,9-10H2,1-3H3,(H,18,21). The zero-order valence-electron chi connectivity index (χ0n) is 13.0. The number of nitrogens with zero attached hydrogens (tertiary/aromatic N) is 2. The van der Waals surface area contributed by atoms with E-state index in [9.17, 15) is 9.59 Å². The van der Waals surface area contributed by atoms with Gasteiger partial charge in [0.05, 0.1) is 0 Å². The van der Waals surface area contributed by atoms with Gasteiger partial charge in [0.2, 0.25) is 5.91 Å². The van der Waals surface area contributed by atoms with Crippen molar-refractivity contribution in [3.05, 3.63) is 29.1 Å². The molecule has 1 aliphatic heterocycles. The minimum absolute atomic E-state index is 0.113. The van der Waals surface area contributed by atoms with Crippen molar-refractivity contribution in [2.75, 3.05) is 19.6 Å². The van der Waals surface area contributed by atoms with Gasteiger partial charge in [-0.3, -0.25) is 14.6 Å². The Labute approximate surface area is 125 Å². The van der Waals surface area contributed by atoms with Crippen LogP contribution in [0, 0.1) is 19.8 Å². The number of carbonyl (C=O) groups is 2. The van der Waals surface area contributed by atoms with Crippen LogP contribution in [0.15, 0.2) is 12.3 Å². The number of hydrogen-bond donors (Lipinski definition) is 1. The molecule has 0 saturated carbocycles. The lowest BCUT2D eigenvalue weighted by molar-refractivity contribution is -0.130. The lowest BCUT2D eigenvalue weighted by Gasteiger charge is -2.32. The Morgan fingerprint density at radius 3 is 2.81 bits per heavy atom. The average molecular weight is 289 g/mol. The van der Waals surface area contributed by atoms with Gasteiger partial charge < -0.3 is 10.2 Å². The SMILES string of the molecule is CC(=O)N1CCCC(CNC(=O)c2cc(C)c(C)cn2)C1. The van der Waals surface area contributed by atoms with Gasteiger partial charge in [0.1, 0.15) is 5.69 Å². The Bertz CT molecular complexity index is 542. The largest absolute Gasteiger partial charge is 0.350 e. The van der Waals surface area contributed by atoms with Gasteiger partial charge in [0.25, 0.3) is 5.91 Å². The van der Waals surface area contributed by atoms with E-state index in [0.717, 1.165) is 37.1 Å². The average Bonchev–Trinajstić information content (AvgIpc) is 2.48. The molecule has 0 aliphatic carbocycles. The molecule has 2 amide bonds. The molecule has 1 unspecified atom stereocenters. The number of amides is 2. The van der Waals surface area contributed by atoms with Crippen LogP contribution in [-0.4, -0.2) is 41.3 Å². The quantitative estimate of drug-likeness (QED) is 0.921. The van der Waals surface area contributed by atoms with Gasteiger partial charge in [0.15, 0.2) is 0 Å². The molecule has 1 aliphatic rings. The maximum Gasteiger partial charge on any atom is 0.269 e. The Morgan fingerprint density at radius 1 is 1.38 bits per heavy atom. The molecule has 5 nitrogen and oxygen atoms in total. The van der Waals surface area contributed by atoms with Crippen molar-refractivity contribution in [1.29, 1.82) is 0 Å². The summed E-state index contributed by atoms with van der Waals surface area (Å²) in [6.07, 6.45) is 3.77. The topological polar surface area (TPSA) is 62.3 Å². The second kappa shape index (κ2) is 6.70. The molecule has 2 heterocycles. The van der Waals surface area contributed by atoms with Crippen LogP contribution in [0.1, 0.15) is 41.4 Å². The van der Waals surface area contributed by atoms with E-state index in [0.29, 0.717) is 18.2 Å². The Balaban J connectivity index is 1.88. The third-order valence-corrected chi connectivity index (χ3v) is 4.12. The number of carbonyl (C=O) groups excluding carboxylic acids is 2. The summed E-state index contributed by atoms with van der Waals surface area (Å²) in [4.78, 5) is 29.5. The highest BCUT2D eigenvalue weighted by molar-refractivity contribution is 5.92. The van der Waals surface area contributed by atoms with Crippen molar-refractivity contribution in [3.63, 3.8) is 0 Å². The minimum Gasteiger partial charge on any atom is -0.350 e. The van der Waals surface area contributed by atoms with Crippen LogP contribution in [0.5, 0.6) is 0 Å². The Hall–Kier alpha value is -1.91. The first-order chi connectivity index (χ1) is 9.97. The number of pyridine rings is 1. The van der Waals surface area contributed by atoms with E-state index in [4.69, 9.17) is 0 Å². The molecule has 5 heteroatoms. The molecule has 21 heavy (non-hydrogen) atoms. The molecule has 0 bridgehead atoms. The van der Waals surface area contributed by atoms with E-state index in [2.05, 4.69) is 10.3 Å². The van der Waals surface area contributed by atoms with Crippen LogP contribution in [0.2, 0.25) is 0 Å². The summed E-state index contributed by atoms with van der Waals surface area (Å²) in [5.74, 6) is 0.304. The summed E-state index contributed by atoms with van der Waals surface area (Å²) in [7, 11) is 0. The number of likely N-dealkylation sites (tertiary alicyclic amines) is 1. The van der Waals surface area contributed by atoms with Crippen LogP contribution >= 0.6 is 0 Å². The van der Waals surface area contributed by atoms with Crippen LogP contribution in [-0.2, 0) is 4.79 Å². The van der Waals surface area contributed by atoms with Crippen molar-refractivity contribution in [1.82, 2.24) is 15.2 Å². The Kier molecular flexibility index (Phi) is 4.94. The van der Waals surface area contributed by atoms with Crippen molar-refractivity contribution >= 4 is 11.8 Å². The lowest BCUT2D eigenvalue weighted by Crippen LogP contribution is -2.42. The molecule has 2 rings (SSSR count). The fraction of sp³-hybridized carbons (Fsp3) is 0.562. The first-order valence-electron chi connectivity index (χ1n) is 7.44. The maximum atomic E-state index is 12.1. The summed E-state index contributed by atoms with van der Waals surface area (Å²) < 4.78 is 0. The number of piperidine rings is 1. The highest BCUT2D eigenvalue weighted by Gasteiger charge is 2.22. The summed E-state index contributed by atoms with van der Waals surface area (Å²) in [6.45, 7) is 7.70. The molecule has 1 N–H and O–H groups in total. The van der Waals surface area contributed by atoms with Gasteiger partial charge in [-0.05, 0) is 49.8 Å². The smallest absolute Gasteiger partial charge is 0.269 e. The zero-order valence-corrected chi connectivity index (χ0v) is 13.0. The van der Waals surface area contributed by atoms with Crippen LogP contribution < -0.4 is 5.32 Å². The van der Waals surface area contributed by atoms with Gasteiger partial charge in [-0.25, -0.2) is 0 Å². The molecule has 0 spiro atoms. The number of aryl methyl sites for hydroxylation is 2. The third-order valence-electron chi connectivity index (χ3n) is 4.12. The molecule has 114 valence electrons. The second-order valence-corrected chi connectivity index (χ2v) is 5.84. The number of rotatable bonds is 3. The fourth-order valence-corrected chi connectivity index (χ4v) is 2.59. The first kappa shape index (κ1) is 15.5. The van der Waals surface area contributed by atoms with E-state index in [1.165, 1.54) is 0 Å². The minimum atomic E-state index is -0.141. The van der Waals surface area contributed by atoms with Gasteiger partial charge in [-0.15, -0.1) is 0 Å². The molecule has 1 saturated heterocycles. The predicted octanol–water partition coefficient (Wildman–Crippen LogP) is 1.69. The first-order valence-corrected chi connectivity index (χ1v) is 7.44. The Morgan fingerprint density at radius 2 is 2.14 bits per heavy atom. The van der Waals surface area contributed by atoms with E-state index in [1.54, 1.807) is 13.1 Å². The zero-order chi connectivity index (χ0) is 15.4. The van der Waals surface area contributed by atoms with Crippen molar-refractivity contribution < 1.29 is 9.59 Å². The molecule has 0 radical (unpaired) electrons. The molecule has 1 atom stereocenters. The van der Waals surface area contributed by atoms with Crippen molar-refractivity contribution in [2.45, 2.75) is 33.6 Å². The predicted molar refractivity (Wildman–Crippen MR) is 81.0 cm³/mol. The van der Waals surface area contributed by atoms with Crippen molar-refractivity contribution in [3.8, 4) is 0 Å². The van der Waals surface area contributed by atoms with E-state index in [1.807, 2.05) is 24.8 Å². The number of aromatic nitrogens is 1. The summed E-state index contributed by atoms with van der Waals surface area (Å²) >= 11 is 0. The summed E-state index contributed by atoms with van der Waals surface area (Å²) in [6, 6.07) is 1.81. The molecule has 1 aromatic heterocycles. The van der Waals surface area contributed by atoms with Crippen LogP contribution in [0.25, 0.3) is 0 Å². The maximum absolute atomic E-state index is 12.1. The van der Waals surface area contributed by atoms with Gasteiger partial charge >= 0.3 is 0 Å². The number of nitrogens with one attached hydrogen (secondary N) is 1. The normalized spacial score (nSPS) is 18.4. The highest BCUT2D eigenvalue weighted by Crippen LogP contribution is 2.16. The summed E-state index contributed by atoms with van der Waals surface area (Å²) in [5.41, 5.74) is 2.60. The van der Waals surface area contributed by atoms with Gasteiger partial charge in [-0.1, -0.05) is 0 Å². The van der Waals surface area contributed by atoms with E-state index < -0.39 is 0 Å². The van der Waals surface area contributed by atoms with E-state index in [-0.39, 0.29) is 11.8 Å². The molecule has 1 fully saturated rings. The second-order valence-electron chi connectivity index (χ2n) is 5.84. The highest BCUT2D eigenvalue weighted by atomic mass is 16.2. The third kappa shape index (κ3) is 4.03. The lowest BCUT2D eigenvalue weighted by atomic mass is 9.98. The molecular weight excluding hydrogens is 266 g/mol. The summed E-state index contributed by atoms with van der Waals surface area (Å²) in [5, 5.41) is 2.94. The van der Waals surface area contributed by atoms with Crippen molar-refractivity contribution in [2.24, 2.45) is 5.92 Å². The number of hydrogen-bond acceptors (Lipinski definition) is 3. The fourth-order valence-electron chi connectivity index (χ4n) is 2.59. The van der Waals surface area contributed by atoms with Gasteiger partial charge in [-0.2, -0.15) is 0 Å². The van der Waals surface area contributed by atoms with E-state index >= 15 is 0 Å². The molecule has 1 aromatic rings. The monoisotopic (exact) mass is 289 g/mol.